The van der Waals surface area contributed by atoms with E-state index in [9.17, 15) is 39.9 Å². The first-order valence-corrected chi connectivity index (χ1v) is 18.9. The van der Waals surface area contributed by atoms with Crippen molar-refractivity contribution in [2.24, 2.45) is 23.7 Å². The highest BCUT2D eigenvalue weighted by atomic mass is 16.4. The summed E-state index contributed by atoms with van der Waals surface area (Å²) in [5.74, 6) is -2.26. The number of carboxylic acid groups (broad SMARTS) is 2. The molecule has 2 rings (SSSR count). The molecule has 0 aliphatic heterocycles. The number of rotatable bonds is 24. The van der Waals surface area contributed by atoms with Gasteiger partial charge in [-0.3, -0.25) is 14.4 Å². The third-order valence-corrected chi connectivity index (χ3v) is 9.62. The van der Waals surface area contributed by atoms with Gasteiger partial charge in [-0.1, -0.05) is 101 Å². The summed E-state index contributed by atoms with van der Waals surface area (Å²) in [4.78, 5) is 33.0. The van der Waals surface area contributed by atoms with Gasteiger partial charge in [-0.15, -0.1) is 0 Å². The van der Waals surface area contributed by atoms with Gasteiger partial charge < -0.3 is 35.7 Å². The van der Waals surface area contributed by atoms with Crippen LogP contribution in [0.2, 0.25) is 0 Å². The Kier molecular flexibility index (Phi) is 24.6. The van der Waals surface area contributed by atoms with Crippen LogP contribution in [0, 0.1) is 23.7 Å². The zero-order valence-corrected chi connectivity index (χ0v) is 30.4. The summed E-state index contributed by atoms with van der Waals surface area (Å²) in [6, 6.07) is 0. The van der Waals surface area contributed by atoms with Crippen molar-refractivity contribution >= 4 is 17.7 Å². The molecule has 50 heavy (non-hydrogen) atoms. The van der Waals surface area contributed by atoms with Crippen molar-refractivity contribution in [2.75, 3.05) is 0 Å². The van der Waals surface area contributed by atoms with E-state index in [0.29, 0.717) is 51.4 Å². The third kappa shape index (κ3) is 19.7. The number of unbranched alkanes of at least 4 members (excludes halogenated alkanes) is 6. The largest absolute Gasteiger partial charge is 0.481 e. The highest BCUT2D eigenvalue weighted by Gasteiger charge is 2.40. The highest BCUT2D eigenvalue weighted by molar-refractivity contribution is 5.84. The van der Waals surface area contributed by atoms with E-state index in [1.165, 1.54) is 0 Å². The number of carbonyl (C=O) groups excluding carboxylic acids is 1. The minimum atomic E-state index is -0.801. The molecule has 0 unspecified atom stereocenters. The van der Waals surface area contributed by atoms with E-state index in [0.717, 1.165) is 44.9 Å². The second kappa shape index (κ2) is 27.1. The maximum Gasteiger partial charge on any atom is 0.303 e. The number of ketones is 1. The molecule has 0 bridgehead atoms. The lowest BCUT2D eigenvalue weighted by molar-refractivity contribution is -0.138. The van der Waals surface area contributed by atoms with Gasteiger partial charge in [0.1, 0.15) is 5.78 Å². The summed E-state index contributed by atoms with van der Waals surface area (Å²) in [7, 11) is 0. The fourth-order valence-corrected chi connectivity index (χ4v) is 6.62. The van der Waals surface area contributed by atoms with Gasteiger partial charge >= 0.3 is 11.9 Å². The predicted octanol–water partition coefficient (Wildman–Crippen LogP) is 6.29. The summed E-state index contributed by atoms with van der Waals surface area (Å²) in [5.41, 5.74) is 0. The average Bonchev–Trinajstić information content (AvgIpc) is 3.49. The number of aliphatic hydroxyl groups is 5. The lowest BCUT2D eigenvalue weighted by atomic mass is 9.89. The van der Waals surface area contributed by atoms with Crippen LogP contribution in [0.25, 0.3) is 0 Å². The van der Waals surface area contributed by atoms with Gasteiger partial charge in [0.05, 0.1) is 30.5 Å². The summed E-state index contributed by atoms with van der Waals surface area (Å²) in [6.45, 7) is 4.24. The van der Waals surface area contributed by atoms with Gasteiger partial charge in [-0.05, 0) is 57.3 Å². The van der Waals surface area contributed by atoms with Gasteiger partial charge in [0.25, 0.3) is 0 Å². The Hall–Kier alpha value is -2.63. The maximum absolute atomic E-state index is 12.1. The minimum absolute atomic E-state index is 0.0535. The molecule has 0 spiro atoms. The standard InChI is InChI=1S/C20H34O5.C20H32O5/c2*1-2-3-6-9-15(21)12-13-17-16(18(22)14-19(17)23)10-7-4-5-8-11-20(24)25/h4,7,12-13,15-19,21-23H,2-3,5-6,8-11,14H2,1H3,(H,24,25);4,7,12-13,15-17,19,21,23H,2-3,5-6,8-11,14H2,1H3,(H,24,25)/b2*7-4-,13-12+/t15-,16+,17+,18-,19+;15-,16+,17+,19+/m00/s1. The van der Waals surface area contributed by atoms with Crippen LogP contribution in [0.5, 0.6) is 0 Å². The zero-order valence-electron chi connectivity index (χ0n) is 30.4. The Balaban J connectivity index is 0.000000500. The molecule has 0 aromatic carbocycles. The first kappa shape index (κ1) is 45.4. The minimum Gasteiger partial charge on any atom is -0.481 e. The monoisotopic (exact) mass is 706 g/mol. The molecule has 0 aromatic heterocycles. The van der Waals surface area contributed by atoms with Crippen molar-refractivity contribution in [3.05, 3.63) is 48.6 Å². The Morgan fingerprint density at radius 1 is 0.680 bits per heavy atom. The number of hydrogen-bond acceptors (Lipinski definition) is 8. The van der Waals surface area contributed by atoms with Crippen LogP contribution in [0.3, 0.4) is 0 Å². The molecule has 10 nitrogen and oxygen atoms in total. The number of carbonyl (C=O) groups is 3. The zero-order chi connectivity index (χ0) is 37.3. The Labute approximate surface area is 299 Å². The number of aliphatic hydroxyl groups excluding tert-OH is 5. The summed E-state index contributed by atoms with van der Waals surface area (Å²) >= 11 is 0. The number of carboxylic acids is 2. The first-order valence-electron chi connectivity index (χ1n) is 18.9. The Bertz CT molecular complexity index is 1070. The van der Waals surface area contributed by atoms with Crippen molar-refractivity contribution in [3.8, 4) is 0 Å². The van der Waals surface area contributed by atoms with Gasteiger partial charge in [0.15, 0.2) is 0 Å². The molecule has 10 heteroatoms. The SMILES string of the molecule is CCCCC[C@H](O)/C=C/[C@@H]1[C@@H](C/C=C\CCCC(=O)O)[C@@H](O)C[C@H]1O.CCCCC[C@H](O)/C=C/[C@H]1[C@H](O)CC(=O)[C@@H]1C/C=C\CCCC(=O)O. The number of Topliss-reactive ketones (excluding diaryl/α,β-unsaturated/α-hetero) is 1. The normalized spacial score (nSPS) is 26.7. The van der Waals surface area contributed by atoms with Crippen LogP contribution >= 0.6 is 0 Å². The van der Waals surface area contributed by atoms with E-state index in [4.69, 9.17) is 10.2 Å². The van der Waals surface area contributed by atoms with Crippen molar-refractivity contribution < 1.29 is 50.1 Å². The fourth-order valence-electron chi connectivity index (χ4n) is 6.62. The van der Waals surface area contributed by atoms with Crippen molar-refractivity contribution in [1.29, 1.82) is 0 Å². The summed E-state index contributed by atoms with van der Waals surface area (Å²) in [5, 5.41) is 67.6. The lowest BCUT2D eigenvalue weighted by Crippen LogP contribution is -2.20. The second-order valence-corrected chi connectivity index (χ2v) is 13.9. The van der Waals surface area contributed by atoms with Crippen molar-refractivity contribution in [1.82, 2.24) is 0 Å². The molecule has 0 radical (unpaired) electrons. The smallest absolute Gasteiger partial charge is 0.303 e. The van der Waals surface area contributed by atoms with Crippen LogP contribution in [0.15, 0.2) is 48.6 Å². The van der Waals surface area contributed by atoms with E-state index in [-0.39, 0.29) is 48.7 Å². The van der Waals surface area contributed by atoms with Crippen LogP contribution in [-0.2, 0) is 14.4 Å². The van der Waals surface area contributed by atoms with E-state index >= 15 is 0 Å². The molecule has 7 N–H and O–H groups in total. The van der Waals surface area contributed by atoms with Crippen LogP contribution < -0.4 is 0 Å². The van der Waals surface area contributed by atoms with E-state index in [1.54, 1.807) is 18.2 Å². The molecule has 2 aliphatic carbocycles. The van der Waals surface area contributed by atoms with Crippen LogP contribution in [0.4, 0.5) is 0 Å². The van der Waals surface area contributed by atoms with Crippen molar-refractivity contribution in [3.63, 3.8) is 0 Å². The summed E-state index contributed by atoms with van der Waals surface area (Å²) < 4.78 is 0. The molecule has 2 aliphatic rings. The molecule has 0 saturated heterocycles. The van der Waals surface area contributed by atoms with E-state index in [1.807, 2.05) is 30.4 Å². The van der Waals surface area contributed by atoms with Gasteiger partial charge in [-0.2, -0.15) is 0 Å². The first-order chi connectivity index (χ1) is 23.9. The Morgan fingerprint density at radius 3 is 1.68 bits per heavy atom. The molecule has 2 saturated carbocycles. The molecular weight excluding hydrogens is 640 g/mol. The topological polar surface area (TPSA) is 193 Å². The molecule has 9 atom stereocenters. The quantitative estimate of drug-likeness (QED) is 0.0443. The van der Waals surface area contributed by atoms with Gasteiger partial charge in [0.2, 0.25) is 0 Å². The predicted molar refractivity (Wildman–Crippen MR) is 195 cm³/mol. The fraction of sp³-hybridized carbons (Fsp3) is 0.725. The number of hydrogen-bond donors (Lipinski definition) is 7. The van der Waals surface area contributed by atoms with Crippen LogP contribution in [-0.4, -0.2) is 84.0 Å². The molecule has 2 fully saturated rings. The lowest BCUT2D eigenvalue weighted by Gasteiger charge is -2.19. The molecule has 0 aromatic rings. The highest BCUT2D eigenvalue weighted by Crippen LogP contribution is 2.36. The summed E-state index contributed by atoms with van der Waals surface area (Å²) in [6.07, 6.45) is 24.4. The van der Waals surface area contributed by atoms with Crippen molar-refractivity contribution in [2.45, 2.75) is 160 Å². The number of allylic oxidation sites excluding steroid dienone is 4. The molecule has 286 valence electrons. The van der Waals surface area contributed by atoms with Gasteiger partial charge in [0, 0.05) is 43.4 Å². The molecule has 0 heterocycles. The van der Waals surface area contributed by atoms with Gasteiger partial charge in [-0.25, -0.2) is 0 Å². The van der Waals surface area contributed by atoms with Crippen LogP contribution in [0.1, 0.15) is 129 Å². The number of aliphatic carboxylic acids is 2. The maximum atomic E-state index is 12.1. The molecule has 0 amide bonds. The Morgan fingerprint density at radius 2 is 1.18 bits per heavy atom. The molecular formula is C40H66O10. The van der Waals surface area contributed by atoms with E-state index < -0.39 is 42.5 Å². The third-order valence-electron chi connectivity index (χ3n) is 9.62. The average molecular weight is 707 g/mol. The second-order valence-electron chi connectivity index (χ2n) is 13.9. The van der Waals surface area contributed by atoms with E-state index in [2.05, 4.69) is 13.8 Å².